The molecule has 0 amide bonds. The molecule has 0 aromatic carbocycles. The number of rotatable bonds is 5. The summed E-state index contributed by atoms with van der Waals surface area (Å²) in [5.41, 5.74) is 0.685. The fourth-order valence-electron chi connectivity index (χ4n) is 0.992. The van der Waals surface area contributed by atoms with Gasteiger partial charge in [0.2, 0.25) is 10.0 Å². The summed E-state index contributed by atoms with van der Waals surface area (Å²) in [4.78, 5) is 3.18. The van der Waals surface area contributed by atoms with Crippen LogP contribution in [0.3, 0.4) is 0 Å². The van der Waals surface area contributed by atoms with E-state index >= 15 is 0 Å². The van der Waals surface area contributed by atoms with Gasteiger partial charge < -0.3 is 0 Å². The fourth-order valence-corrected chi connectivity index (χ4v) is 2.57. The molecule has 84 valence electrons. The first-order valence-corrected chi connectivity index (χ1v) is 7.16. The van der Waals surface area contributed by atoms with E-state index in [1.165, 1.54) is 11.3 Å². The Labute approximate surface area is 94.1 Å². The predicted molar refractivity (Wildman–Crippen MR) is 63.7 cm³/mol. The summed E-state index contributed by atoms with van der Waals surface area (Å²) in [6.07, 6.45) is 0.586. The van der Waals surface area contributed by atoms with Crippen LogP contribution in [-0.4, -0.2) is 19.9 Å². The summed E-state index contributed by atoms with van der Waals surface area (Å²) in [6, 6.07) is 3.80. The van der Waals surface area contributed by atoms with Gasteiger partial charge in [-0.15, -0.1) is 11.3 Å². The minimum absolute atomic E-state index is 0.105. The highest BCUT2D eigenvalue weighted by atomic mass is 32.2. The molecule has 0 bridgehead atoms. The van der Waals surface area contributed by atoms with Crippen molar-refractivity contribution >= 4 is 27.1 Å². The molecule has 0 atom stereocenters. The van der Waals surface area contributed by atoms with E-state index in [4.69, 9.17) is 0 Å². The number of nitrogens with one attached hydrogen (secondary N) is 1. The number of thiophene rings is 1. The first kappa shape index (κ1) is 12.2. The largest absolute Gasteiger partial charge is 0.247 e. The van der Waals surface area contributed by atoms with Crippen LogP contribution in [0.1, 0.15) is 25.1 Å². The van der Waals surface area contributed by atoms with E-state index in [0.717, 1.165) is 4.88 Å². The molecule has 0 aliphatic heterocycles. The average molecular weight is 246 g/mol. The van der Waals surface area contributed by atoms with Crippen molar-refractivity contribution in [1.29, 1.82) is 0 Å². The van der Waals surface area contributed by atoms with E-state index in [-0.39, 0.29) is 5.75 Å². The van der Waals surface area contributed by atoms with Crippen LogP contribution in [0.4, 0.5) is 0 Å². The molecule has 0 unspecified atom stereocenters. The minimum atomic E-state index is -3.25. The van der Waals surface area contributed by atoms with Gasteiger partial charge in [0.05, 0.1) is 16.3 Å². The van der Waals surface area contributed by atoms with E-state index in [1.807, 2.05) is 24.4 Å². The normalized spacial score (nSPS) is 12.8. The van der Waals surface area contributed by atoms with Gasteiger partial charge in [0.1, 0.15) is 0 Å². The van der Waals surface area contributed by atoms with Gasteiger partial charge in [-0.05, 0) is 24.8 Å². The Hall–Kier alpha value is -0.880. The standard InChI is InChI=1S/C9H14N2O2S2/c1-3-7-15(12,13)11-10-8(2)9-5-4-6-14-9/h4-6,11H,3,7H2,1-2H3. The van der Waals surface area contributed by atoms with Gasteiger partial charge in [-0.25, -0.2) is 13.2 Å². The van der Waals surface area contributed by atoms with Gasteiger partial charge in [-0.3, -0.25) is 0 Å². The van der Waals surface area contributed by atoms with E-state index < -0.39 is 10.0 Å². The molecule has 0 spiro atoms. The molecule has 1 aromatic rings. The number of hydrogen-bond donors (Lipinski definition) is 1. The molecular weight excluding hydrogens is 232 g/mol. The molecule has 4 nitrogen and oxygen atoms in total. The van der Waals surface area contributed by atoms with Crippen LogP contribution in [0.25, 0.3) is 0 Å². The topological polar surface area (TPSA) is 58.5 Å². The third-order valence-electron chi connectivity index (χ3n) is 1.70. The molecule has 1 N–H and O–H groups in total. The minimum Gasteiger partial charge on any atom is -0.205 e. The van der Waals surface area contributed by atoms with Crippen molar-refractivity contribution in [1.82, 2.24) is 4.83 Å². The van der Waals surface area contributed by atoms with Gasteiger partial charge in [-0.2, -0.15) is 5.10 Å². The Morgan fingerprint density at radius 1 is 1.60 bits per heavy atom. The van der Waals surface area contributed by atoms with E-state index in [0.29, 0.717) is 12.1 Å². The quantitative estimate of drug-likeness (QED) is 0.636. The first-order chi connectivity index (χ1) is 7.05. The van der Waals surface area contributed by atoms with Crippen LogP contribution in [0.5, 0.6) is 0 Å². The van der Waals surface area contributed by atoms with Gasteiger partial charge in [-0.1, -0.05) is 13.0 Å². The van der Waals surface area contributed by atoms with Crippen LogP contribution < -0.4 is 4.83 Å². The lowest BCUT2D eigenvalue weighted by Crippen LogP contribution is -2.22. The SMILES string of the molecule is CCCS(=O)(=O)NN=C(C)c1cccs1. The molecule has 15 heavy (non-hydrogen) atoms. The summed E-state index contributed by atoms with van der Waals surface area (Å²) in [5, 5.41) is 5.77. The molecule has 0 saturated carbocycles. The van der Waals surface area contributed by atoms with Crippen molar-refractivity contribution in [2.24, 2.45) is 5.10 Å². The molecule has 0 aliphatic rings. The molecule has 0 radical (unpaired) electrons. The van der Waals surface area contributed by atoms with Gasteiger partial charge in [0, 0.05) is 0 Å². The molecule has 6 heteroatoms. The van der Waals surface area contributed by atoms with Crippen LogP contribution in [0.2, 0.25) is 0 Å². The molecular formula is C9H14N2O2S2. The highest BCUT2D eigenvalue weighted by Crippen LogP contribution is 2.09. The number of hydrazone groups is 1. The number of hydrogen-bond acceptors (Lipinski definition) is 4. The Morgan fingerprint density at radius 3 is 2.87 bits per heavy atom. The molecule has 0 saturated heterocycles. The molecule has 1 heterocycles. The Morgan fingerprint density at radius 2 is 2.33 bits per heavy atom. The Bertz CT molecular complexity index is 421. The van der Waals surface area contributed by atoms with E-state index in [9.17, 15) is 8.42 Å². The van der Waals surface area contributed by atoms with Gasteiger partial charge in [0.15, 0.2) is 0 Å². The van der Waals surface area contributed by atoms with Crippen LogP contribution in [0.15, 0.2) is 22.6 Å². The zero-order valence-electron chi connectivity index (χ0n) is 8.73. The summed E-state index contributed by atoms with van der Waals surface area (Å²) < 4.78 is 22.6. The summed E-state index contributed by atoms with van der Waals surface area (Å²) in [5.74, 6) is 0.105. The van der Waals surface area contributed by atoms with E-state index in [2.05, 4.69) is 9.93 Å². The second kappa shape index (κ2) is 5.27. The maximum atomic E-state index is 11.3. The lowest BCUT2D eigenvalue weighted by atomic mass is 10.3. The molecule has 1 aromatic heterocycles. The second-order valence-corrected chi connectivity index (χ2v) is 5.85. The zero-order valence-corrected chi connectivity index (χ0v) is 10.4. The zero-order chi connectivity index (χ0) is 11.3. The Kier molecular flexibility index (Phi) is 4.28. The van der Waals surface area contributed by atoms with Crippen molar-refractivity contribution in [2.75, 3.05) is 5.75 Å². The van der Waals surface area contributed by atoms with Crippen molar-refractivity contribution in [3.63, 3.8) is 0 Å². The fraction of sp³-hybridized carbons (Fsp3) is 0.444. The highest BCUT2D eigenvalue weighted by molar-refractivity contribution is 7.89. The van der Waals surface area contributed by atoms with Crippen molar-refractivity contribution in [2.45, 2.75) is 20.3 Å². The molecule has 0 fully saturated rings. The summed E-state index contributed by atoms with van der Waals surface area (Å²) in [7, 11) is -3.25. The predicted octanol–water partition coefficient (Wildman–Crippen LogP) is 1.80. The van der Waals surface area contributed by atoms with Crippen molar-refractivity contribution in [3.8, 4) is 0 Å². The number of nitrogens with zero attached hydrogens (tertiary/aromatic N) is 1. The second-order valence-electron chi connectivity index (χ2n) is 3.08. The van der Waals surface area contributed by atoms with Crippen molar-refractivity contribution < 1.29 is 8.42 Å². The average Bonchev–Trinajstić information content (AvgIpc) is 2.67. The Balaban J connectivity index is 2.66. The smallest absolute Gasteiger partial charge is 0.205 e. The maximum absolute atomic E-state index is 11.3. The third kappa shape index (κ3) is 4.01. The van der Waals surface area contributed by atoms with Crippen LogP contribution in [0, 0.1) is 0 Å². The lowest BCUT2D eigenvalue weighted by Gasteiger charge is -2.02. The molecule has 1 rings (SSSR count). The summed E-state index contributed by atoms with van der Waals surface area (Å²) >= 11 is 1.53. The lowest BCUT2D eigenvalue weighted by molar-refractivity contribution is 0.583. The van der Waals surface area contributed by atoms with E-state index in [1.54, 1.807) is 6.92 Å². The van der Waals surface area contributed by atoms with Crippen LogP contribution >= 0.6 is 11.3 Å². The highest BCUT2D eigenvalue weighted by Gasteiger charge is 2.06. The maximum Gasteiger partial charge on any atom is 0.247 e. The third-order valence-corrected chi connectivity index (χ3v) is 4.00. The molecule has 0 aliphatic carbocycles. The number of sulfonamides is 1. The first-order valence-electron chi connectivity index (χ1n) is 4.63. The van der Waals surface area contributed by atoms with Crippen molar-refractivity contribution in [3.05, 3.63) is 22.4 Å². The monoisotopic (exact) mass is 246 g/mol. The van der Waals surface area contributed by atoms with Gasteiger partial charge in [0.25, 0.3) is 0 Å². The van der Waals surface area contributed by atoms with Crippen LogP contribution in [-0.2, 0) is 10.0 Å². The summed E-state index contributed by atoms with van der Waals surface area (Å²) in [6.45, 7) is 3.59. The van der Waals surface area contributed by atoms with Gasteiger partial charge >= 0.3 is 0 Å².